The standard InChI is InChI=1S/C16H22FNO2/c1-11(17)14-10-16-15(19-6-7-20-16)9-13(14)8-12-2-4-18-5-3-12/h9-12,18H,2-8H2,1H3. The molecular formula is C16H22FNO2. The van der Waals surface area contributed by atoms with Crippen molar-refractivity contribution in [3.63, 3.8) is 0 Å². The summed E-state index contributed by atoms with van der Waals surface area (Å²) in [5.74, 6) is 2.09. The highest BCUT2D eigenvalue weighted by molar-refractivity contribution is 5.49. The second kappa shape index (κ2) is 6.00. The number of halogens is 1. The largest absolute Gasteiger partial charge is 0.486 e. The van der Waals surface area contributed by atoms with Crippen LogP contribution in [0.3, 0.4) is 0 Å². The molecule has 0 saturated carbocycles. The van der Waals surface area contributed by atoms with Crippen LogP contribution in [0.5, 0.6) is 11.5 Å². The minimum Gasteiger partial charge on any atom is -0.486 e. The van der Waals surface area contributed by atoms with E-state index in [2.05, 4.69) is 5.32 Å². The van der Waals surface area contributed by atoms with Crippen molar-refractivity contribution in [1.29, 1.82) is 0 Å². The van der Waals surface area contributed by atoms with E-state index in [1.807, 2.05) is 12.1 Å². The fraction of sp³-hybridized carbons (Fsp3) is 0.625. The number of nitrogens with one attached hydrogen (secondary N) is 1. The lowest BCUT2D eigenvalue weighted by Gasteiger charge is -2.26. The lowest BCUT2D eigenvalue weighted by atomic mass is 9.88. The molecule has 20 heavy (non-hydrogen) atoms. The molecule has 1 fully saturated rings. The first kappa shape index (κ1) is 13.7. The first-order valence-electron chi connectivity index (χ1n) is 7.51. The molecule has 1 atom stereocenters. The number of rotatable bonds is 3. The first-order valence-corrected chi connectivity index (χ1v) is 7.51. The van der Waals surface area contributed by atoms with E-state index in [1.54, 1.807) is 6.92 Å². The lowest BCUT2D eigenvalue weighted by Crippen LogP contribution is -2.29. The van der Waals surface area contributed by atoms with E-state index in [-0.39, 0.29) is 0 Å². The van der Waals surface area contributed by atoms with Gasteiger partial charge in [0.25, 0.3) is 0 Å². The Balaban J connectivity index is 1.86. The van der Waals surface area contributed by atoms with Gasteiger partial charge in [-0.05, 0) is 68.5 Å². The number of fused-ring (bicyclic) bond motifs is 1. The van der Waals surface area contributed by atoms with Gasteiger partial charge in [0.05, 0.1) is 0 Å². The quantitative estimate of drug-likeness (QED) is 0.922. The topological polar surface area (TPSA) is 30.5 Å². The molecule has 1 aromatic rings. The van der Waals surface area contributed by atoms with Crippen molar-refractivity contribution in [1.82, 2.24) is 5.32 Å². The molecule has 1 saturated heterocycles. The highest BCUT2D eigenvalue weighted by Gasteiger charge is 2.21. The van der Waals surface area contributed by atoms with Gasteiger partial charge in [0.15, 0.2) is 11.5 Å². The Morgan fingerprint density at radius 2 is 1.85 bits per heavy atom. The van der Waals surface area contributed by atoms with Gasteiger partial charge < -0.3 is 14.8 Å². The Morgan fingerprint density at radius 1 is 1.20 bits per heavy atom. The van der Waals surface area contributed by atoms with Crippen LogP contribution in [-0.2, 0) is 6.42 Å². The number of alkyl halides is 1. The van der Waals surface area contributed by atoms with Gasteiger partial charge in [0.2, 0.25) is 0 Å². The minimum absolute atomic E-state index is 0.542. The van der Waals surface area contributed by atoms with E-state index >= 15 is 0 Å². The van der Waals surface area contributed by atoms with Gasteiger partial charge in [-0.3, -0.25) is 0 Å². The molecule has 2 aliphatic rings. The zero-order chi connectivity index (χ0) is 13.9. The molecule has 2 aliphatic heterocycles. The van der Waals surface area contributed by atoms with E-state index in [4.69, 9.17) is 9.47 Å². The summed E-state index contributed by atoms with van der Waals surface area (Å²) in [5, 5.41) is 3.37. The lowest BCUT2D eigenvalue weighted by molar-refractivity contribution is 0.170. The molecule has 0 radical (unpaired) electrons. The maximum Gasteiger partial charge on any atom is 0.161 e. The number of hydrogen-bond acceptors (Lipinski definition) is 3. The molecule has 2 heterocycles. The third-order valence-corrected chi connectivity index (χ3v) is 4.20. The molecule has 1 unspecified atom stereocenters. The Kier molecular flexibility index (Phi) is 4.10. The number of ether oxygens (including phenoxy) is 2. The van der Waals surface area contributed by atoms with Crippen LogP contribution in [0.25, 0.3) is 0 Å². The molecule has 1 N–H and O–H groups in total. The minimum atomic E-state index is -0.970. The summed E-state index contributed by atoms with van der Waals surface area (Å²) in [7, 11) is 0. The van der Waals surface area contributed by atoms with Crippen molar-refractivity contribution in [2.75, 3.05) is 26.3 Å². The van der Waals surface area contributed by atoms with Crippen LogP contribution in [0.2, 0.25) is 0 Å². The van der Waals surface area contributed by atoms with Crippen molar-refractivity contribution >= 4 is 0 Å². The van der Waals surface area contributed by atoms with E-state index in [0.717, 1.165) is 49.2 Å². The molecular weight excluding hydrogens is 257 g/mol. The van der Waals surface area contributed by atoms with E-state index in [9.17, 15) is 4.39 Å². The van der Waals surface area contributed by atoms with Crippen molar-refractivity contribution in [2.45, 2.75) is 32.4 Å². The third kappa shape index (κ3) is 2.90. The summed E-state index contributed by atoms with van der Waals surface area (Å²) in [6.45, 7) is 4.84. The second-order valence-corrected chi connectivity index (χ2v) is 5.71. The summed E-state index contributed by atoms with van der Waals surface area (Å²) >= 11 is 0. The highest BCUT2D eigenvalue weighted by atomic mass is 19.1. The molecule has 3 nitrogen and oxygen atoms in total. The Morgan fingerprint density at radius 3 is 2.50 bits per heavy atom. The highest BCUT2D eigenvalue weighted by Crippen LogP contribution is 2.37. The molecule has 0 aliphatic carbocycles. The van der Waals surface area contributed by atoms with E-state index < -0.39 is 6.17 Å². The second-order valence-electron chi connectivity index (χ2n) is 5.71. The Labute approximate surface area is 119 Å². The van der Waals surface area contributed by atoms with Crippen LogP contribution in [0.15, 0.2) is 12.1 Å². The van der Waals surface area contributed by atoms with Gasteiger partial charge >= 0.3 is 0 Å². The number of benzene rings is 1. The van der Waals surface area contributed by atoms with Gasteiger partial charge in [-0.25, -0.2) is 4.39 Å². The van der Waals surface area contributed by atoms with E-state index in [0.29, 0.717) is 24.9 Å². The first-order chi connectivity index (χ1) is 9.74. The summed E-state index contributed by atoms with van der Waals surface area (Å²) in [6.07, 6.45) is 2.29. The molecule has 0 spiro atoms. The van der Waals surface area contributed by atoms with Gasteiger partial charge in [-0.15, -0.1) is 0 Å². The normalized spacial score (nSPS) is 20.7. The Hall–Kier alpha value is -1.29. The fourth-order valence-corrected chi connectivity index (χ4v) is 3.09. The van der Waals surface area contributed by atoms with Gasteiger partial charge in [0.1, 0.15) is 19.4 Å². The van der Waals surface area contributed by atoms with Gasteiger partial charge in [-0.2, -0.15) is 0 Å². The van der Waals surface area contributed by atoms with Crippen LogP contribution in [0.1, 0.15) is 37.1 Å². The summed E-state index contributed by atoms with van der Waals surface area (Å²) in [5.41, 5.74) is 1.84. The summed E-state index contributed by atoms with van der Waals surface area (Å²) in [4.78, 5) is 0. The number of hydrogen-bond donors (Lipinski definition) is 1. The zero-order valence-electron chi connectivity index (χ0n) is 12.0. The predicted molar refractivity (Wildman–Crippen MR) is 76.3 cm³/mol. The molecule has 4 heteroatoms. The zero-order valence-corrected chi connectivity index (χ0v) is 12.0. The third-order valence-electron chi connectivity index (χ3n) is 4.20. The molecule has 0 aromatic heterocycles. The SMILES string of the molecule is CC(F)c1cc2c(cc1CC1CCNCC1)OCCO2. The summed E-state index contributed by atoms with van der Waals surface area (Å²) in [6, 6.07) is 3.82. The maximum absolute atomic E-state index is 13.9. The Bertz CT molecular complexity index is 470. The average Bonchev–Trinajstić information content (AvgIpc) is 2.47. The smallest absolute Gasteiger partial charge is 0.161 e. The monoisotopic (exact) mass is 279 g/mol. The molecule has 1 aromatic carbocycles. The van der Waals surface area contributed by atoms with Gasteiger partial charge in [-0.1, -0.05) is 0 Å². The molecule has 0 amide bonds. The van der Waals surface area contributed by atoms with Crippen molar-refractivity contribution < 1.29 is 13.9 Å². The average molecular weight is 279 g/mol. The summed E-state index contributed by atoms with van der Waals surface area (Å²) < 4.78 is 25.1. The van der Waals surface area contributed by atoms with Crippen molar-refractivity contribution in [3.05, 3.63) is 23.3 Å². The molecule has 110 valence electrons. The van der Waals surface area contributed by atoms with Crippen molar-refractivity contribution in [3.8, 4) is 11.5 Å². The van der Waals surface area contributed by atoms with Crippen LogP contribution >= 0.6 is 0 Å². The maximum atomic E-state index is 13.9. The number of piperidine rings is 1. The predicted octanol–water partition coefficient (Wildman–Crippen LogP) is 3.03. The molecule has 0 bridgehead atoms. The van der Waals surface area contributed by atoms with E-state index in [1.165, 1.54) is 0 Å². The van der Waals surface area contributed by atoms with Crippen LogP contribution in [0, 0.1) is 5.92 Å². The van der Waals surface area contributed by atoms with Gasteiger partial charge in [0, 0.05) is 0 Å². The van der Waals surface area contributed by atoms with Crippen LogP contribution in [-0.4, -0.2) is 26.3 Å². The molecule has 3 rings (SSSR count). The van der Waals surface area contributed by atoms with Crippen molar-refractivity contribution in [2.24, 2.45) is 5.92 Å². The van der Waals surface area contributed by atoms with Crippen LogP contribution < -0.4 is 14.8 Å². The van der Waals surface area contributed by atoms with Crippen LogP contribution in [0.4, 0.5) is 4.39 Å². The fourth-order valence-electron chi connectivity index (χ4n) is 3.09.